The van der Waals surface area contributed by atoms with Gasteiger partial charge in [-0.2, -0.15) is 0 Å². The SMILES string of the molecule is CC/C=C\C/C=C\CCCCCCCCCCCCCCCCC(=O)NC(COP(=O)(O)OCC[N+](C)(C)C)C(O)CCCCCCCCCCCC. The highest BCUT2D eigenvalue weighted by Crippen LogP contribution is 2.43. The van der Waals surface area contributed by atoms with Crippen molar-refractivity contribution in [3.63, 3.8) is 0 Å². The number of rotatable bonds is 40. The molecule has 0 spiro atoms. The highest BCUT2D eigenvalue weighted by Gasteiger charge is 2.28. The van der Waals surface area contributed by atoms with E-state index in [1.54, 1.807) is 0 Å². The van der Waals surface area contributed by atoms with Gasteiger partial charge in [-0.05, 0) is 38.5 Å². The van der Waals surface area contributed by atoms with Gasteiger partial charge < -0.3 is 19.8 Å². The lowest BCUT2D eigenvalue weighted by molar-refractivity contribution is -0.870. The predicted molar refractivity (Wildman–Crippen MR) is 226 cm³/mol. The van der Waals surface area contributed by atoms with Crippen molar-refractivity contribution >= 4 is 13.7 Å². The van der Waals surface area contributed by atoms with E-state index in [9.17, 15) is 19.4 Å². The van der Waals surface area contributed by atoms with Crippen molar-refractivity contribution in [2.24, 2.45) is 0 Å². The number of hydrogen-bond donors (Lipinski definition) is 3. The van der Waals surface area contributed by atoms with E-state index in [2.05, 4.69) is 43.5 Å². The summed E-state index contributed by atoms with van der Waals surface area (Å²) in [6.07, 6.45) is 42.1. The van der Waals surface area contributed by atoms with Gasteiger partial charge in [0.05, 0.1) is 39.9 Å². The lowest BCUT2D eigenvalue weighted by Crippen LogP contribution is -2.46. The van der Waals surface area contributed by atoms with Crippen LogP contribution in [0.1, 0.15) is 200 Å². The summed E-state index contributed by atoms with van der Waals surface area (Å²) in [5, 5.41) is 13.9. The van der Waals surface area contributed by atoms with Gasteiger partial charge in [-0.15, -0.1) is 0 Å². The van der Waals surface area contributed by atoms with Crippen molar-refractivity contribution in [3.8, 4) is 0 Å². The van der Waals surface area contributed by atoms with Crippen LogP contribution in [0.15, 0.2) is 24.3 Å². The Kier molecular flexibility index (Phi) is 35.9. The van der Waals surface area contributed by atoms with Crippen molar-refractivity contribution in [1.82, 2.24) is 5.32 Å². The summed E-state index contributed by atoms with van der Waals surface area (Å²) in [6, 6.07) is -0.756. The van der Waals surface area contributed by atoms with Gasteiger partial charge in [-0.25, -0.2) is 4.57 Å². The fourth-order valence-electron chi connectivity index (χ4n) is 6.44. The number of quaternary nitrogens is 1. The van der Waals surface area contributed by atoms with E-state index in [4.69, 9.17) is 9.05 Å². The number of carbonyl (C=O) groups excluding carboxylic acids is 1. The number of allylic oxidation sites excluding steroid dienone is 4. The molecule has 9 heteroatoms. The van der Waals surface area contributed by atoms with Gasteiger partial charge in [0.1, 0.15) is 13.2 Å². The number of aliphatic hydroxyl groups is 1. The Balaban J connectivity index is 4.22. The molecule has 0 aliphatic heterocycles. The van der Waals surface area contributed by atoms with E-state index >= 15 is 0 Å². The second-order valence-electron chi connectivity index (χ2n) is 16.4. The van der Waals surface area contributed by atoms with Crippen LogP contribution >= 0.6 is 7.82 Å². The molecule has 3 atom stereocenters. The number of phosphoric acid groups is 1. The molecule has 0 radical (unpaired) electrons. The molecule has 0 saturated carbocycles. The predicted octanol–water partition coefficient (Wildman–Crippen LogP) is 12.1. The molecule has 3 N–H and O–H groups in total. The minimum atomic E-state index is -4.31. The molecule has 0 bridgehead atoms. The van der Waals surface area contributed by atoms with Crippen molar-refractivity contribution in [1.29, 1.82) is 0 Å². The van der Waals surface area contributed by atoms with Gasteiger partial charge in [-0.1, -0.05) is 179 Å². The summed E-state index contributed by atoms with van der Waals surface area (Å²) in [7, 11) is 1.62. The first-order chi connectivity index (χ1) is 25.5. The van der Waals surface area contributed by atoms with E-state index in [0.29, 0.717) is 23.9 Å². The van der Waals surface area contributed by atoms with E-state index < -0.39 is 20.0 Å². The molecule has 0 rings (SSSR count). The quantitative estimate of drug-likeness (QED) is 0.0248. The first-order valence-corrected chi connectivity index (χ1v) is 23.7. The van der Waals surface area contributed by atoms with E-state index in [1.807, 2.05) is 21.1 Å². The first kappa shape index (κ1) is 52.0. The van der Waals surface area contributed by atoms with Crippen LogP contribution in [0.4, 0.5) is 0 Å². The van der Waals surface area contributed by atoms with Crippen LogP contribution < -0.4 is 5.32 Å². The average Bonchev–Trinajstić information content (AvgIpc) is 3.10. The third-order valence-electron chi connectivity index (χ3n) is 9.96. The molecule has 1 amide bonds. The Bertz CT molecular complexity index is 922. The summed E-state index contributed by atoms with van der Waals surface area (Å²) in [5.74, 6) is -0.147. The summed E-state index contributed by atoms with van der Waals surface area (Å²) in [6.45, 7) is 4.77. The summed E-state index contributed by atoms with van der Waals surface area (Å²) >= 11 is 0. The van der Waals surface area contributed by atoms with Crippen molar-refractivity contribution in [2.45, 2.75) is 212 Å². The molecule has 0 saturated heterocycles. The van der Waals surface area contributed by atoms with Crippen molar-refractivity contribution in [2.75, 3.05) is 40.9 Å². The minimum absolute atomic E-state index is 0.0755. The van der Waals surface area contributed by atoms with Gasteiger partial charge in [0.25, 0.3) is 0 Å². The lowest BCUT2D eigenvalue weighted by Gasteiger charge is -2.26. The van der Waals surface area contributed by atoms with Gasteiger partial charge in [0.2, 0.25) is 5.91 Å². The van der Waals surface area contributed by atoms with Crippen LogP contribution in [0.2, 0.25) is 0 Å². The summed E-state index contributed by atoms with van der Waals surface area (Å²) < 4.78 is 23.6. The number of nitrogens with zero attached hydrogens (tertiary/aromatic N) is 1. The maximum atomic E-state index is 12.9. The average molecular weight is 772 g/mol. The molecule has 0 aliphatic carbocycles. The molecule has 0 fully saturated rings. The highest BCUT2D eigenvalue weighted by atomic mass is 31.2. The molecule has 0 aliphatic rings. The van der Waals surface area contributed by atoms with Crippen LogP contribution in [0.3, 0.4) is 0 Å². The standard InChI is InChI=1S/C44H87N2O6P/c1-6-8-10-12-14-16-18-19-20-21-22-23-24-25-26-27-28-30-32-34-36-38-44(48)45-42(41-52-53(49,50)51-40-39-46(3,4)5)43(47)37-35-33-31-29-17-15-13-11-9-7-2/h8,10,14,16,42-43,47H,6-7,9,11-13,15,17-41H2,1-5H3,(H-,45,48,49,50)/p+1/b10-8-,16-14-. The Labute approximate surface area is 328 Å². The number of aliphatic hydroxyl groups excluding tert-OH is 1. The normalized spacial score (nSPS) is 14.6. The molecule has 8 nitrogen and oxygen atoms in total. The smallest absolute Gasteiger partial charge is 0.391 e. The van der Waals surface area contributed by atoms with Crippen molar-refractivity contribution < 1.29 is 32.9 Å². The molecule has 3 unspecified atom stereocenters. The maximum absolute atomic E-state index is 12.9. The molecule has 0 aromatic rings. The highest BCUT2D eigenvalue weighted by molar-refractivity contribution is 7.47. The molecule has 53 heavy (non-hydrogen) atoms. The fourth-order valence-corrected chi connectivity index (χ4v) is 7.17. The molecular weight excluding hydrogens is 683 g/mol. The zero-order valence-corrected chi connectivity index (χ0v) is 36.4. The van der Waals surface area contributed by atoms with Crippen LogP contribution in [0.5, 0.6) is 0 Å². The van der Waals surface area contributed by atoms with Crippen LogP contribution in [-0.2, 0) is 18.4 Å². The molecule has 0 heterocycles. The third-order valence-corrected chi connectivity index (χ3v) is 10.9. The lowest BCUT2D eigenvalue weighted by atomic mass is 10.0. The Morgan fingerprint density at radius 1 is 0.660 bits per heavy atom. The van der Waals surface area contributed by atoms with Crippen LogP contribution in [-0.4, -0.2) is 73.4 Å². The number of carbonyl (C=O) groups is 1. The molecule has 0 aromatic heterocycles. The minimum Gasteiger partial charge on any atom is -0.391 e. The number of amides is 1. The Morgan fingerprint density at radius 2 is 1.13 bits per heavy atom. The number of nitrogens with one attached hydrogen (secondary N) is 1. The Morgan fingerprint density at radius 3 is 1.64 bits per heavy atom. The van der Waals surface area contributed by atoms with Gasteiger partial charge >= 0.3 is 7.82 Å². The van der Waals surface area contributed by atoms with Crippen LogP contribution in [0, 0.1) is 0 Å². The van der Waals surface area contributed by atoms with Crippen LogP contribution in [0.25, 0.3) is 0 Å². The molecule has 314 valence electrons. The third kappa shape index (κ3) is 39.0. The number of hydrogen-bond acceptors (Lipinski definition) is 5. The van der Waals surface area contributed by atoms with E-state index in [0.717, 1.165) is 51.4 Å². The first-order valence-electron chi connectivity index (χ1n) is 22.2. The number of phosphoric ester groups is 1. The van der Waals surface area contributed by atoms with E-state index in [-0.39, 0.29) is 19.1 Å². The van der Waals surface area contributed by atoms with Crippen molar-refractivity contribution in [3.05, 3.63) is 24.3 Å². The zero-order chi connectivity index (χ0) is 39.3. The topological polar surface area (TPSA) is 105 Å². The summed E-state index contributed by atoms with van der Waals surface area (Å²) in [4.78, 5) is 23.1. The zero-order valence-electron chi connectivity index (χ0n) is 35.5. The Hall–Kier alpha value is -1.02. The number of unbranched alkanes of at least 4 members (excludes halogenated alkanes) is 23. The van der Waals surface area contributed by atoms with E-state index in [1.165, 1.54) is 122 Å². The maximum Gasteiger partial charge on any atom is 0.472 e. The summed E-state index contributed by atoms with van der Waals surface area (Å²) in [5.41, 5.74) is 0. The second-order valence-corrected chi connectivity index (χ2v) is 17.9. The monoisotopic (exact) mass is 772 g/mol. The molecule has 0 aromatic carbocycles. The largest absolute Gasteiger partial charge is 0.472 e. The number of likely N-dealkylation sites (N-methyl/N-ethyl adjacent to an activating group) is 1. The van der Waals surface area contributed by atoms with Gasteiger partial charge in [-0.3, -0.25) is 13.8 Å². The molecular formula is C44H88N2O6P+. The van der Waals surface area contributed by atoms with Gasteiger partial charge in [0.15, 0.2) is 0 Å². The second kappa shape index (κ2) is 36.6. The fraction of sp³-hybridized carbons (Fsp3) is 0.886. The van der Waals surface area contributed by atoms with Gasteiger partial charge in [0, 0.05) is 6.42 Å².